The van der Waals surface area contributed by atoms with E-state index in [9.17, 15) is 4.79 Å². The van der Waals surface area contributed by atoms with Gasteiger partial charge < -0.3 is 4.74 Å². The normalized spacial score (nSPS) is 20.2. The zero-order chi connectivity index (χ0) is 9.68. The summed E-state index contributed by atoms with van der Waals surface area (Å²) in [5.74, 6) is -0.550. The molecular weight excluding hydrogens is 190 g/mol. The molecule has 1 rings (SSSR count). The van der Waals surface area contributed by atoms with Crippen molar-refractivity contribution >= 4 is 23.5 Å². The fourth-order valence-electron chi connectivity index (χ4n) is 0.976. The van der Waals surface area contributed by atoms with E-state index in [1.165, 1.54) is 0 Å². The van der Waals surface area contributed by atoms with Crippen LogP contribution in [0.2, 0.25) is 0 Å². The quantitative estimate of drug-likeness (QED) is 0.637. The molecule has 0 aromatic carbocycles. The van der Waals surface area contributed by atoms with Crippen LogP contribution in [-0.2, 0) is 9.53 Å². The number of ether oxygens (including phenoxy) is 1. The molecule has 0 bridgehead atoms. The second-order valence-corrected chi connectivity index (χ2v) is 2.67. The average molecular weight is 200 g/mol. The van der Waals surface area contributed by atoms with Gasteiger partial charge in [-0.05, 0) is 19.1 Å². The largest absolute Gasteiger partial charge is 0.465 e. The Kier molecular flexibility index (Phi) is 3.71. The van der Waals surface area contributed by atoms with Crippen molar-refractivity contribution in [1.29, 1.82) is 0 Å². The molecule has 0 fully saturated rings. The van der Waals surface area contributed by atoms with Gasteiger partial charge in [0.05, 0.1) is 18.2 Å². The maximum absolute atomic E-state index is 11.2. The molecule has 0 N–H and O–H groups in total. The fourth-order valence-corrected chi connectivity index (χ4v) is 1.09. The number of esters is 1. The topological polar surface area (TPSA) is 38.7 Å². The number of hydrogen-bond acceptors (Lipinski definition) is 3. The molecule has 0 saturated heterocycles. The Bertz CT molecular complexity index is 265. The zero-order valence-electron chi connectivity index (χ0n) is 7.24. The van der Waals surface area contributed by atoms with Crippen LogP contribution in [-0.4, -0.2) is 18.3 Å². The van der Waals surface area contributed by atoms with Crippen LogP contribution in [0.15, 0.2) is 28.8 Å². The minimum absolute atomic E-state index is 0.247. The van der Waals surface area contributed by atoms with Gasteiger partial charge in [-0.2, -0.15) is 4.51 Å². The van der Waals surface area contributed by atoms with Gasteiger partial charge >= 0.3 is 5.97 Å². The molecule has 0 atom stereocenters. The van der Waals surface area contributed by atoms with Gasteiger partial charge in [-0.25, -0.2) is 0 Å². The Balaban J connectivity index is 2.58. The van der Waals surface area contributed by atoms with Crippen molar-refractivity contribution in [2.75, 3.05) is 6.61 Å². The highest BCUT2D eigenvalue weighted by atomic mass is 35.5. The first-order valence-corrected chi connectivity index (χ1v) is 4.33. The second kappa shape index (κ2) is 4.82. The number of carbonyl (C=O) groups is 1. The highest BCUT2D eigenvalue weighted by Gasteiger charge is 2.15. The lowest BCUT2D eigenvalue weighted by molar-refractivity contribution is -0.144. The van der Waals surface area contributed by atoms with Crippen molar-refractivity contribution in [1.82, 2.24) is 0 Å². The molecule has 0 aromatic heterocycles. The predicted octanol–water partition coefficient (Wildman–Crippen LogP) is 1.89. The van der Waals surface area contributed by atoms with Crippen molar-refractivity contribution in [3.05, 3.63) is 24.3 Å². The summed E-state index contributed by atoms with van der Waals surface area (Å²) in [4.78, 5) is 11.2. The fraction of sp³-hybridized carbons (Fsp3) is 0.333. The Morgan fingerprint density at radius 2 is 2.23 bits per heavy atom. The lowest BCUT2D eigenvalue weighted by atomic mass is 10.0. The van der Waals surface area contributed by atoms with Crippen LogP contribution >= 0.6 is 11.8 Å². The molecule has 0 aromatic rings. The standard InChI is InChI=1S/C9H10ClNO2/c1-2-13-9(12)7-3-5-8(11-10)6-4-7/h3-7H,2H2,1H3. The van der Waals surface area contributed by atoms with Gasteiger partial charge in [0, 0.05) is 11.8 Å². The summed E-state index contributed by atoms with van der Waals surface area (Å²) in [6, 6.07) is 0. The van der Waals surface area contributed by atoms with Crippen LogP contribution in [0, 0.1) is 5.92 Å². The molecule has 0 radical (unpaired) electrons. The molecule has 0 heterocycles. The van der Waals surface area contributed by atoms with Crippen LogP contribution in [0.1, 0.15) is 6.92 Å². The Morgan fingerprint density at radius 3 is 2.69 bits per heavy atom. The molecule has 4 heteroatoms. The molecule has 0 aliphatic heterocycles. The smallest absolute Gasteiger partial charge is 0.316 e. The molecule has 1 aliphatic carbocycles. The van der Waals surface area contributed by atoms with E-state index >= 15 is 0 Å². The summed E-state index contributed by atoms with van der Waals surface area (Å²) in [7, 11) is 0. The Morgan fingerprint density at radius 1 is 1.62 bits per heavy atom. The van der Waals surface area contributed by atoms with Gasteiger partial charge in [0.2, 0.25) is 0 Å². The van der Waals surface area contributed by atoms with E-state index in [0.29, 0.717) is 12.3 Å². The molecular formula is C9H10ClNO2. The first-order chi connectivity index (χ1) is 6.27. The maximum atomic E-state index is 11.2. The summed E-state index contributed by atoms with van der Waals surface area (Å²) < 4.78 is 8.29. The first kappa shape index (κ1) is 9.99. The molecule has 0 spiro atoms. The number of hydrogen-bond donors (Lipinski definition) is 0. The first-order valence-electron chi connectivity index (χ1n) is 4.00. The van der Waals surface area contributed by atoms with E-state index in [2.05, 4.69) is 4.51 Å². The summed E-state index contributed by atoms with van der Waals surface area (Å²) in [5, 5.41) is 0. The third-order valence-corrected chi connectivity index (χ3v) is 1.80. The van der Waals surface area contributed by atoms with Crippen LogP contribution in [0.3, 0.4) is 0 Å². The lowest BCUT2D eigenvalue weighted by Gasteiger charge is -2.09. The second-order valence-electron chi connectivity index (χ2n) is 2.51. The van der Waals surface area contributed by atoms with Gasteiger partial charge in [-0.3, -0.25) is 4.79 Å². The summed E-state index contributed by atoms with van der Waals surface area (Å²) >= 11 is 5.24. The number of carbonyl (C=O) groups excluding carboxylic acids is 1. The van der Waals surface area contributed by atoms with Gasteiger partial charge in [-0.15, -0.1) is 0 Å². The molecule has 70 valence electrons. The van der Waals surface area contributed by atoms with Crippen molar-refractivity contribution in [3.8, 4) is 0 Å². The van der Waals surface area contributed by atoms with E-state index in [0.717, 1.165) is 0 Å². The highest BCUT2D eigenvalue weighted by molar-refractivity contribution is 6.24. The maximum Gasteiger partial charge on any atom is 0.316 e. The van der Waals surface area contributed by atoms with Crippen molar-refractivity contribution < 1.29 is 9.53 Å². The van der Waals surface area contributed by atoms with Crippen molar-refractivity contribution in [3.63, 3.8) is 0 Å². The molecule has 1 aliphatic rings. The van der Waals surface area contributed by atoms with E-state index < -0.39 is 0 Å². The SMILES string of the molecule is CCOC(=O)C1C=CC(=NCl)C=C1. The average Bonchev–Trinajstić information content (AvgIpc) is 2.18. The van der Waals surface area contributed by atoms with Crippen molar-refractivity contribution in [2.24, 2.45) is 10.4 Å². The number of halogens is 1. The van der Waals surface area contributed by atoms with Gasteiger partial charge in [0.15, 0.2) is 0 Å². The highest BCUT2D eigenvalue weighted by Crippen LogP contribution is 2.10. The number of rotatable bonds is 2. The molecule has 0 unspecified atom stereocenters. The Labute approximate surface area is 81.9 Å². The van der Waals surface area contributed by atoms with Crippen LogP contribution in [0.4, 0.5) is 0 Å². The lowest BCUT2D eigenvalue weighted by Crippen LogP contribution is -2.16. The Hall–Kier alpha value is -1.09. The predicted molar refractivity (Wildman–Crippen MR) is 51.7 cm³/mol. The monoisotopic (exact) mass is 199 g/mol. The zero-order valence-corrected chi connectivity index (χ0v) is 7.99. The van der Waals surface area contributed by atoms with Gasteiger partial charge in [-0.1, -0.05) is 12.2 Å². The minimum atomic E-state index is -0.304. The molecule has 0 amide bonds. The minimum Gasteiger partial charge on any atom is -0.465 e. The van der Waals surface area contributed by atoms with E-state index in [4.69, 9.17) is 16.5 Å². The number of allylic oxidation sites excluding steroid dienone is 2. The summed E-state index contributed by atoms with van der Waals surface area (Å²) in [6.45, 7) is 2.17. The molecule has 0 saturated carbocycles. The van der Waals surface area contributed by atoms with Crippen molar-refractivity contribution in [2.45, 2.75) is 6.92 Å². The molecule has 3 nitrogen and oxygen atoms in total. The van der Waals surface area contributed by atoms with E-state index in [-0.39, 0.29) is 11.9 Å². The summed E-state index contributed by atoms with van der Waals surface area (Å²) in [5.41, 5.74) is 0.641. The van der Waals surface area contributed by atoms with Crippen LogP contribution in [0.25, 0.3) is 0 Å². The van der Waals surface area contributed by atoms with Crippen LogP contribution in [0.5, 0.6) is 0 Å². The van der Waals surface area contributed by atoms with Gasteiger partial charge in [0.25, 0.3) is 0 Å². The van der Waals surface area contributed by atoms with E-state index in [1.807, 2.05) is 0 Å². The number of nitrogens with zero attached hydrogens (tertiary/aromatic N) is 1. The van der Waals surface area contributed by atoms with Crippen LogP contribution < -0.4 is 0 Å². The van der Waals surface area contributed by atoms with E-state index in [1.54, 1.807) is 31.2 Å². The third-order valence-electron chi connectivity index (χ3n) is 1.60. The third kappa shape index (κ3) is 2.70. The van der Waals surface area contributed by atoms with Gasteiger partial charge in [0.1, 0.15) is 0 Å². The summed E-state index contributed by atoms with van der Waals surface area (Å²) in [6.07, 6.45) is 6.79. The molecule has 13 heavy (non-hydrogen) atoms.